The summed E-state index contributed by atoms with van der Waals surface area (Å²) in [5.41, 5.74) is 5.51. The van der Waals surface area contributed by atoms with Crippen molar-refractivity contribution < 1.29 is 14.7 Å². The number of phenols is 1. The van der Waals surface area contributed by atoms with E-state index in [1.165, 1.54) is 0 Å². The second kappa shape index (κ2) is 12.2. The van der Waals surface area contributed by atoms with Gasteiger partial charge in [0.2, 0.25) is 0 Å². The minimum atomic E-state index is -0.0266. The molecule has 0 aliphatic carbocycles. The largest absolute Gasteiger partial charge is 0.508 e. The number of hydrogen-bond donors (Lipinski definition) is 1. The Morgan fingerprint density at radius 2 is 1.19 bits per heavy atom. The van der Waals surface area contributed by atoms with E-state index in [0.717, 1.165) is 54.0 Å². The number of hydrogen-bond acceptors (Lipinski definition) is 5. The van der Waals surface area contributed by atoms with Crippen molar-refractivity contribution in [2.45, 2.75) is 25.8 Å². The molecule has 1 N–H and O–H groups in total. The minimum Gasteiger partial charge on any atom is -0.508 e. The first kappa shape index (κ1) is 27.7. The molecule has 7 nitrogen and oxygen atoms in total. The van der Waals surface area contributed by atoms with E-state index < -0.39 is 0 Å². The van der Waals surface area contributed by atoms with Crippen LogP contribution < -0.4 is 0 Å². The maximum absolute atomic E-state index is 13.8. The van der Waals surface area contributed by atoms with Crippen molar-refractivity contribution in [1.82, 2.24) is 19.7 Å². The zero-order chi connectivity index (χ0) is 29.1. The van der Waals surface area contributed by atoms with Crippen LogP contribution in [0.3, 0.4) is 0 Å². The Morgan fingerprint density at radius 1 is 0.667 bits per heavy atom. The fourth-order valence-electron chi connectivity index (χ4n) is 6.00. The van der Waals surface area contributed by atoms with Crippen molar-refractivity contribution in [1.29, 1.82) is 0 Å². The molecule has 3 heterocycles. The number of phenolic OH excluding ortho intramolecular Hbond substituents is 1. The van der Waals surface area contributed by atoms with Crippen LogP contribution >= 0.6 is 0 Å². The Hall–Kier alpha value is -4.49. The van der Waals surface area contributed by atoms with Crippen LogP contribution in [0.4, 0.5) is 0 Å². The molecule has 0 unspecified atom stereocenters. The third-order valence-electron chi connectivity index (χ3n) is 8.54. The van der Waals surface area contributed by atoms with Crippen molar-refractivity contribution in [2.24, 2.45) is 0 Å². The van der Waals surface area contributed by atoms with E-state index in [9.17, 15) is 14.7 Å². The van der Waals surface area contributed by atoms with Gasteiger partial charge in [-0.3, -0.25) is 14.5 Å². The van der Waals surface area contributed by atoms with Gasteiger partial charge in [0.25, 0.3) is 11.8 Å². The van der Waals surface area contributed by atoms with Crippen LogP contribution in [0.15, 0.2) is 91.0 Å². The highest BCUT2D eigenvalue weighted by Crippen LogP contribution is 2.27. The molecule has 6 rings (SSSR count). The third kappa shape index (κ3) is 5.92. The van der Waals surface area contributed by atoms with Crippen molar-refractivity contribution in [3.63, 3.8) is 0 Å². The average molecular weight is 561 g/mol. The molecule has 7 heteroatoms. The number of carbonyl (C=O) groups is 2. The number of aryl methyl sites for hydroxylation is 1. The summed E-state index contributed by atoms with van der Waals surface area (Å²) >= 11 is 0. The number of rotatable bonds is 5. The summed E-state index contributed by atoms with van der Waals surface area (Å²) in [6.07, 6.45) is 1.81. The number of aromatic hydroxyl groups is 1. The van der Waals surface area contributed by atoms with Crippen LogP contribution in [0.5, 0.6) is 5.75 Å². The first-order valence-electron chi connectivity index (χ1n) is 14.7. The maximum Gasteiger partial charge on any atom is 0.254 e. The first-order chi connectivity index (χ1) is 20.5. The molecule has 0 atom stereocenters. The van der Waals surface area contributed by atoms with E-state index in [-0.39, 0.29) is 17.6 Å². The lowest BCUT2D eigenvalue weighted by Gasteiger charge is -2.42. The topological polar surface area (TPSA) is 77.0 Å². The quantitative estimate of drug-likeness (QED) is 0.349. The summed E-state index contributed by atoms with van der Waals surface area (Å²) in [6, 6.07) is 29.4. The second-order valence-electron chi connectivity index (χ2n) is 11.2. The molecular formula is C35H36N4O3. The van der Waals surface area contributed by atoms with Gasteiger partial charge in [-0.05, 0) is 49.6 Å². The molecule has 1 aromatic heterocycles. The number of piperidine rings is 1. The summed E-state index contributed by atoms with van der Waals surface area (Å²) < 4.78 is 0. The highest BCUT2D eigenvalue weighted by Gasteiger charge is 2.31. The lowest BCUT2D eigenvalue weighted by molar-refractivity contribution is 0.0412. The molecular weight excluding hydrogens is 524 g/mol. The molecule has 2 aliphatic heterocycles. The number of nitrogens with zero attached hydrogens (tertiary/aromatic N) is 4. The van der Waals surface area contributed by atoms with Crippen LogP contribution in [0.25, 0.3) is 22.5 Å². The standard InChI is InChI=1S/C35H36N4O3/c1-25-12-13-28(24-33(25)40)34(41)38-16-14-30(15-17-38)37-18-20-39(21-19-37)35(42)29-22-31(26-8-4-2-5-9-26)36-32(23-29)27-10-6-3-7-11-27/h2-13,22-24,30,40H,14-21H2,1H3. The van der Waals surface area contributed by atoms with Gasteiger partial charge in [0.05, 0.1) is 11.4 Å². The van der Waals surface area contributed by atoms with Crippen LogP contribution in [0.2, 0.25) is 0 Å². The molecule has 0 saturated carbocycles. The van der Waals surface area contributed by atoms with Gasteiger partial charge in [-0.1, -0.05) is 66.7 Å². The van der Waals surface area contributed by atoms with Crippen molar-refractivity contribution in [3.8, 4) is 28.3 Å². The fourth-order valence-corrected chi connectivity index (χ4v) is 6.00. The molecule has 0 radical (unpaired) electrons. The van der Waals surface area contributed by atoms with Gasteiger partial charge in [-0.2, -0.15) is 0 Å². The van der Waals surface area contributed by atoms with Gasteiger partial charge < -0.3 is 14.9 Å². The summed E-state index contributed by atoms with van der Waals surface area (Å²) in [5, 5.41) is 10.0. The van der Waals surface area contributed by atoms with Crippen molar-refractivity contribution in [2.75, 3.05) is 39.3 Å². The van der Waals surface area contributed by atoms with Crippen LogP contribution in [-0.4, -0.2) is 81.9 Å². The lowest BCUT2D eigenvalue weighted by Crippen LogP contribution is -2.54. The molecule has 4 aromatic rings. The van der Waals surface area contributed by atoms with Gasteiger partial charge in [0.1, 0.15) is 5.75 Å². The van der Waals surface area contributed by atoms with E-state index in [4.69, 9.17) is 4.98 Å². The summed E-state index contributed by atoms with van der Waals surface area (Å²) in [7, 11) is 0. The Bertz CT molecular complexity index is 1500. The molecule has 3 aromatic carbocycles. The maximum atomic E-state index is 13.8. The Balaban J connectivity index is 1.10. The molecule has 2 fully saturated rings. The number of benzene rings is 3. The van der Waals surface area contributed by atoms with Crippen LogP contribution in [-0.2, 0) is 0 Å². The van der Waals surface area contributed by atoms with Gasteiger partial charge >= 0.3 is 0 Å². The minimum absolute atomic E-state index is 0.0266. The van der Waals surface area contributed by atoms with Crippen LogP contribution in [0.1, 0.15) is 39.1 Å². The lowest BCUT2D eigenvalue weighted by atomic mass is 10.0. The van der Waals surface area contributed by atoms with Gasteiger partial charge in [0, 0.05) is 67.6 Å². The third-order valence-corrected chi connectivity index (χ3v) is 8.54. The summed E-state index contributed by atoms with van der Waals surface area (Å²) in [6.45, 7) is 6.19. The van der Waals surface area contributed by atoms with E-state index in [1.54, 1.807) is 18.2 Å². The number of aromatic nitrogens is 1. The number of likely N-dealkylation sites (tertiary alicyclic amines) is 1. The highest BCUT2D eigenvalue weighted by atomic mass is 16.3. The Morgan fingerprint density at radius 3 is 1.74 bits per heavy atom. The van der Waals surface area contributed by atoms with Gasteiger partial charge in [0.15, 0.2) is 0 Å². The second-order valence-corrected chi connectivity index (χ2v) is 11.2. The van der Waals surface area contributed by atoms with E-state index >= 15 is 0 Å². The van der Waals surface area contributed by atoms with E-state index in [2.05, 4.69) is 4.90 Å². The smallest absolute Gasteiger partial charge is 0.254 e. The zero-order valence-corrected chi connectivity index (χ0v) is 23.9. The highest BCUT2D eigenvalue weighted by molar-refractivity contribution is 5.96. The molecule has 2 aliphatic rings. The Labute approximate surface area is 247 Å². The molecule has 214 valence electrons. The van der Waals surface area contributed by atoms with Crippen molar-refractivity contribution in [3.05, 3.63) is 108 Å². The Kier molecular flexibility index (Phi) is 8.02. The molecule has 0 spiro atoms. The van der Waals surface area contributed by atoms with Gasteiger partial charge in [-0.15, -0.1) is 0 Å². The fraction of sp³-hybridized carbons (Fsp3) is 0.286. The molecule has 42 heavy (non-hydrogen) atoms. The molecule has 2 amide bonds. The van der Waals surface area contributed by atoms with E-state index in [1.807, 2.05) is 89.5 Å². The van der Waals surface area contributed by atoms with Crippen molar-refractivity contribution >= 4 is 11.8 Å². The number of piperazine rings is 1. The van der Waals surface area contributed by atoms with E-state index in [0.29, 0.717) is 43.3 Å². The monoisotopic (exact) mass is 560 g/mol. The zero-order valence-electron chi connectivity index (χ0n) is 23.9. The predicted octanol–water partition coefficient (Wildman–Crippen LogP) is 5.49. The summed E-state index contributed by atoms with van der Waals surface area (Å²) in [5.74, 6) is 0.164. The average Bonchev–Trinajstić information content (AvgIpc) is 3.06. The number of carbonyl (C=O) groups excluding carboxylic acids is 2. The summed E-state index contributed by atoms with van der Waals surface area (Å²) in [4.78, 5) is 38.0. The number of pyridine rings is 1. The van der Waals surface area contributed by atoms with Gasteiger partial charge in [-0.25, -0.2) is 4.98 Å². The predicted molar refractivity (Wildman–Crippen MR) is 164 cm³/mol. The molecule has 0 bridgehead atoms. The number of amides is 2. The first-order valence-corrected chi connectivity index (χ1v) is 14.7. The normalized spacial score (nSPS) is 16.4. The molecule has 2 saturated heterocycles. The SMILES string of the molecule is Cc1ccc(C(=O)N2CCC(N3CCN(C(=O)c4cc(-c5ccccc5)nc(-c5ccccc5)c4)CC3)CC2)cc1O. The van der Waals surface area contributed by atoms with Crippen LogP contribution in [0, 0.1) is 6.92 Å².